The molecule has 0 saturated heterocycles. The van der Waals surface area contributed by atoms with Crippen LogP contribution in [0.5, 0.6) is 0 Å². The maximum atomic E-state index is 12.3. The molecule has 0 radical (unpaired) electrons. The summed E-state index contributed by atoms with van der Waals surface area (Å²) in [6.45, 7) is 1.27. The number of benzene rings is 1. The van der Waals surface area contributed by atoms with Crippen LogP contribution in [0.1, 0.15) is 35.2 Å². The molecule has 0 aliphatic rings. The Hall–Kier alpha value is -2.45. The number of carbonyl (C=O) groups is 2. The van der Waals surface area contributed by atoms with E-state index in [9.17, 15) is 32.9 Å². The standard InChI is InChI=1S/C13H12F3NO5/c1-7(5-11(18)13(14,15)16)9-4-3-8(12(19)22-2)6-10(9)17(20)21/h3-4,6-7H,5H2,1-2H3/t7-/m0/s1. The fourth-order valence-corrected chi connectivity index (χ4v) is 1.87. The van der Waals surface area contributed by atoms with Crippen LogP contribution in [0.2, 0.25) is 0 Å². The molecule has 9 heteroatoms. The predicted molar refractivity (Wildman–Crippen MR) is 68.5 cm³/mol. The minimum Gasteiger partial charge on any atom is -0.465 e. The molecular formula is C13H12F3NO5. The number of nitro groups is 1. The molecule has 0 fully saturated rings. The van der Waals surface area contributed by atoms with Gasteiger partial charge >= 0.3 is 12.1 Å². The van der Waals surface area contributed by atoms with Crippen LogP contribution in [0, 0.1) is 10.1 Å². The Morgan fingerprint density at radius 3 is 2.41 bits per heavy atom. The fraction of sp³-hybridized carbons (Fsp3) is 0.385. The average Bonchev–Trinajstić information content (AvgIpc) is 2.44. The van der Waals surface area contributed by atoms with E-state index in [-0.39, 0.29) is 11.1 Å². The predicted octanol–water partition coefficient (Wildman–Crippen LogP) is 3.01. The van der Waals surface area contributed by atoms with E-state index in [2.05, 4.69) is 4.74 Å². The van der Waals surface area contributed by atoms with Crippen molar-refractivity contribution in [3.05, 3.63) is 39.4 Å². The molecule has 1 atom stereocenters. The Morgan fingerprint density at radius 1 is 1.36 bits per heavy atom. The smallest absolute Gasteiger partial charge is 0.449 e. The van der Waals surface area contributed by atoms with Gasteiger partial charge in [0.05, 0.1) is 17.6 Å². The van der Waals surface area contributed by atoms with Crippen LogP contribution < -0.4 is 0 Å². The van der Waals surface area contributed by atoms with Gasteiger partial charge in [-0.05, 0) is 12.0 Å². The zero-order chi connectivity index (χ0) is 17.1. The Kier molecular flexibility index (Phi) is 5.23. The highest BCUT2D eigenvalue weighted by atomic mass is 19.4. The summed E-state index contributed by atoms with van der Waals surface area (Å²) < 4.78 is 41.2. The molecule has 0 aromatic heterocycles. The van der Waals surface area contributed by atoms with E-state index in [1.54, 1.807) is 0 Å². The Bertz CT molecular complexity index is 612. The van der Waals surface area contributed by atoms with E-state index < -0.39 is 40.9 Å². The van der Waals surface area contributed by atoms with Crippen molar-refractivity contribution < 1.29 is 32.4 Å². The van der Waals surface area contributed by atoms with Gasteiger partial charge in [-0.25, -0.2) is 4.79 Å². The summed E-state index contributed by atoms with van der Waals surface area (Å²) in [5.74, 6) is -3.80. The molecule has 0 bridgehead atoms. The van der Waals surface area contributed by atoms with Gasteiger partial charge in [-0.15, -0.1) is 0 Å². The van der Waals surface area contributed by atoms with Crippen molar-refractivity contribution in [3.63, 3.8) is 0 Å². The molecule has 120 valence electrons. The SMILES string of the molecule is COC(=O)c1ccc([C@@H](C)CC(=O)C(F)(F)F)c([N+](=O)[O-])c1. The number of rotatable bonds is 5. The summed E-state index contributed by atoms with van der Waals surface area (Å²) >= 11 is 0. The maximum Gasteiger partial charge on any atom is 0.449 e. The highest BCUT2D eigenvalue weighted by molar-refractivity contribution is 5.90. The highest BCUT2D eigenvalue weighted by Gasteiger charge is 2.39. The first-order valence-corrected chi connectivity index (χ1v) is 6.04. The first-order chi connectivity index (χ1) is 10.1. The van der Waals surface area contributed by atoms with Crippen LogP contribution in [0.4, 0.5) is 18.9 Å². The number of halogens is 3. The topological polar surface area (TPSA) is 86.5 Å². The summed E-state index contributed by atoms with van der Waals surface area (Å²) in [6.07, 6.45) is -5.91. The molecule has 1 aromatic rings. The summed E-state index contributed by atoms with van der Waals surface area (Å²) in [4.78, 5) is 32.5. The number of Topliss-reactive ketones (excluding diaryl/α,β-unsaturated/α-hetero) is 1. The third kappa shape index (κ3) is 4.03. The molecule has 22 heavy (non-hydrogen) atoms. The second-order valence-electron chi connectivity index (χ2n) is 4.55. The molecule has 0 aliphatic carbocycles. The summed E-state index contributed by atoms with van der Waals surface area (Å²) in [7, 11) is 1.09. The fourth-order valence-electron chi connectivity index (χ4n) is 1.87. The van der Waals surface area contributed by atoms with Crippen molar-refractivity contribution in [2.45, 2.75) is 25.4 Å². The lowest BCUT2D eigenvalue weighted by molar-refractivity contribution is -0.385. The maximum absolute atomic E-state index is 12.3. The lowest BCUT2D eigenvalue weighted by Crippen LogP contribution is -2.24. The molecule has 1 rings (SSSR count). The number of methoxy groups -OCH3 is 1. The minimum atomic E-state index is -4.99. The van der Waals surface area contributed by atoms with Crippen LogP contribution in [-0.4, -0.2) is 30.0 Å². The van der Waals surface area contributed by atoms with Gasteiger partial charge in [-0.3, -0.25) is 14.9 Å². The molecule has 0 saturated carbocycles. The van der Waals surface area contributed by atoms with E-state index in [4.69, 9.17) is 0 Å². The molecule has 6 nitrogen and oxygen atoms in total. The van der Waals surface area contributed by atoms with Crippen LogP contribution >= 0.6 is 0 Å². The van der Waals surface area contributed by atoms with Crippen molar-refractivity contribution in [1.29, 1.82) is 0 Å². The van der Waals surface area contributed by atoms with Crippen molar-refractivity contribution >= 4 is 17.4 Å². The third-order valence-corrected chi connectivity index (χ3v) is 2.99. The quantitative estimate of drug-likeness (QED) is 0.473. The summed E-state index contributed by atoms with van der Waals surface area (Å²) in [6, 6.07) is 3.26. The van der Waals surface area contributed by atoms with Crippen LogP contribution in [0.15, 0.2) is 18.2 Å². The second-order valence-corrected chi connectivity index (χ2v) is 4.55. The van der Waals surface area contributed by atoms with Crippen LogP contribution in [0.25, 0.3) is 0 Å². The first kappa shape index (κ1) is 17.6. The largest absolute Gasteiger partial charge is 0.465 e. The van der Waals surface area contributed by atoms with Gasteiger partial charge in [0.2, 0.25) is 5.78 Å². The average molecular weight is 319 g/mol. The highest BCUT2D eigenvalue weighted by Crippen LogP contribution is 2.32. The Labute approximate surface area is 123 Å². The summed E-state index contributed by atoms with van der Waals surface area (Å²) in [5, 5.41) is 11.0. The Morgan fingerprint density at radius 2 is 1.95 bits per heavy atom. The summed E-state index contributed by atoms with van der Waals surface area (Å²) in [5.41, 5.74) is -0.701. The number of nitro benzene ring substituents is 1. The second kappa shape index (κ2) is 6.54. The van der Waals surface area contributed by atoms with Gasteiger partial charge in [-0.1, -0.05) is 13.0 Å². The van der Waals surface area contributed by atoms with Crippen LogP contribution in [0.3, 0.4) is 0 Å². The van der Waals surface area contributed by atoms with Gasteiger partial charge in [0.15, 0.2) is 0 Å². The van der Waals surface area contributed by atoms with E-state index in [0.717, 1.165) is 19.2 Å². The number of nitrogens with zero attached hydrogens (tertiary/aromatic N) is 1. The Balaban J connectivity index is 3.16. The third-order valence-electron chi connectivity index (χ3n) is 2.99. The van der Waals surface area contributed by atoms with Gasteiger partial charge in [0.25, 0.3) is 5.69 Å². The van der Waals surface area contributed by atoms with Crippen molar-refractivity contribution in [2.75, 3.05) is 7.11 Å². The number of hydrogen-bond donors (Lipinski definition) is 0. The molecule has 0 aliphatic heterocycles. The van der Waals surface area contributed by atoms with Crippen molar-refractivity contribution in [2.24, 2.45) is 0 Å². The zero-order valence-electron chi connectivity index (χ0n) is 11.6. The zero-order valence-corrected chi connectivity index (χ0v) is 11.6. The molecule has 0 spiro atoms. The first-order valence-electron chi connectivity index (χ1n) is 6.04. The van der Waals surface area contributed by atoms with Crippen molar-refractivity contribution in [3.8, 4) is 0 Å². The van der Waals surface area contributed by atoms with Gasteiger partial charge < -0.3 is 4.74 Å². The lowest BCUT2D eigenvalue weighted by atomic mass is 9.93. The van der Waals surface area contributed by atoms with Gasteiger partial charge in [0.1, 0.15) is 0 Å². The van der Waals surface area contributed by atoms with E-state index >= 15 is 0 Å². The van der Waals surface area contributed by atoms with Gasteiger partial charge in [-0.2, -0.15) is 13.2 Å². The molecule has 1 aromatic carbocycles. The normalized spacial score (nSPS) is 12.6. The molecular weight excluding hydrogens is 307 g/mol. The lowest BCUT2D eigenvalue weighted by Gasteiger charge is -2.13. The molecule has 0 heterocycles. The number of carbonyl (C=O) groups excluding carboxylic acids is 2. The van der Waals surface area contributed by atoms with Crippen LogP contribution in [-0.2, 0) is 9.53 Å². The minimum absolute atomic E-state index is 0.0600. The number of hydrogen-bond acceptors (Lipinski definition) is 5. The number of alkyl halides is 3. The van der Waals surface area contributed by atoms with E-state index in [1.165, 1.54) is 13.0 Å². The molecule has 0 amide bonds. The van der Waals surface area contributed by atoms with Gasteiger partial charge in [0, 0.05) is 18.1 Å². The van der Waals surface area contributed by atoms with E-state index in [1.807, 2.05) is 0 Å². The number of esters is 1. The van der Waals surface area contributed by atoms with E-state index in [0.29, 0.717) is 0 Å². The monoisotopic (exact) mass is 319 g/mol. The molecule has 0 N–H and O–H groups in total. The number of ketones is 1. The van der Waals surface area contributed by atoms with Crippen molar-refractivity contribution in [1.82, 2.24) is 0 Å². The number of ether oxygens (including phenoxy) is 1. The molecule has 0 unspecified atom stereocenters.